The van der Waals surface area contributed by atoms with E-state index < -0.39 is 9.84 Å². The lowest BCUT2D eigenvalue weighted by molar-refractivity contribution is 0.560. The predicted molar refractivity (Wildman–Crippen MR) is 79.0 cm³/mol. The Morgan fingerprint density at radius 1 is 1.24 bits per heavy atom. The van der Waals surface area contributed by atoms with Crippen LogP contribution in [-0.4, -0.2) is 19.7 Å². The van der Waals surface area contributed by atoms with Gasteiger partial charge in [0.2, 0.25) is 0 Å². The molecule has 0 radical (unpaired) electrons. The summed E-state index contributed by atoms with van der Waals surface area (Å²) < 4.78 is 35.8. The number of halogens is 1. The second-order valence-electron chi connectivity index (χ2n) is 4.96. The second-order valence-corrected chi connectivity index (χ2v) is 6.97. The van der Waals surface area contributed by atoms with Gasteiger partial charge in [-0.3, -0.25) is 4.98 Å². The van der Waals surface area contributed by atoms with Crippen LogP contribution in [0.3, 0.4) is 0 Å². The van der Waals surface area contributed by atoms with Crippen molar-refractivity contribution in [3.8, 4) is 0 Å². The number of rotatable bonds is 5. The number of hydrogen-bond acceptors (Lipinski definition) is 4. The van der Waals surface area contributed by atoms with Gasteiger partial charge in [-0.15, -0.1) is 0 Å². The van der Waals surface area contributed by atoms with Gasteiger partial charge >= 0.3 is 0 Å². The second kappa shape index (κ2) is 6.32. The Morgan fingerprint density at radius 3 is 2.48 bits per heavy atom. The molecule has 0 amide bonds. The molecule has 0 saturated carbocycles. The van der Waals surface area contributed by atoms with Crippen LogP contribution in [0.15, 0.2) is 47.6 Å². The van der Waals surface area contributed by atoms with Crippen LogP contribution in [0.1, 0.15) is 24.1 Å². The fraction of sp³-hybridized carbons (Fsp3) is 0.267. The first-order chi connectivity index (χ1) is 9.86. The molecule has 4 nitrogen and oxygen atoms in total. The Labute approximate surface area is 124 Å². The van der Waals surface area contributed by atoms with Crippen LogP contribution in [0, 0.1) is 5.82 Å². The summed E-state index contributed by atoms with van der Waals surface area (Å²) in [6, 6.07) is 8.08. The van der Waals surface area contributed by atoms with E-state index in [0.29, 0.717) is 11.4 Å². The molecule has 1 heterocycles. The average molecular weight is 308 g/mol. The highest BCUT2D eigenvalue weighted by Gasteiger charge is 2.08. The van der Waals surface area contributed by atoms with Crippen LogP contribution < -0.4 is 5.32 Å². The minimum absolute atomic E-state index is 0.0530. The molecule has 0 aliphatic rings. The first-order valence-electron chi connectivity index (χ1n) is 6.49. The predicted octanol–water partition coefficient (Wildman–Crippen LogP) is 2.48. The van der Waals surface area contributed by atoms with Crippen LogP contribution in [0.5, 0.6) is 0 Å². The zero-order valence-electron chi connectivity index (χ0n) is 11.9. The molecule has 1 aromatic heterocycles. The van der Waals surface area contributed by atoms with Crippen molar-refractivity contribution >= 4 is 9.84 Å². The summed E-state index contributed by atoms with van der Waals surface area (Å²) in [6.07, 6.45) is 3.97. The first-order valence-corrected chi connectivity index (χ1v) is 8.38. The van der Waals surface area contributed by atoms with Crippen LogP contribution in [0.4, 0.5) is 4.39 Å². The van der Waals surface area contributed by atoms with Gasteiger partial charge in [0.25, 0.3) is 0 Å². The van der Waals surface area contributed by atoms with Gasteiger partial charge in [0.15, 0.2) is 9.84 Å². The summed E-state index contributed by atoms with van der Waals surface area (Å²) in [5.74, 6) is -0.362. The number of aromatic nitrogens is 1. The van der Waals surface area contributed by atoms with E-state index in [1.807, 2.05) is 6.92 Å². The van der Waals surface area contributed by atoms with Gasteiger partial charge in [-0.25, -0.2) is 12.8 Å². The van der Waals surface area contributed by atoms with E-state index in [0.717, 1.165) is 11.1 Å². The van der Waals surface area contributed by atoms with E-state index in [-0.39, 0.29) is 11.9 Å². The zero-order chi connectivity index (χ0) is 15.5. The molecule has 0 spiro atoms. The quantitative estimate of drug-likeness (QED) is 0.922. The highest BCUT2D eigenvalue weighted by atomic mass is 32.2. The third-order valence-electron chi connectivity index (χ3n) is 3.19. The van der Waals surface area contributed by atoms with Crippen molar-refractivity contribution in [1.82, 2.24) is 10.3 Å². The fourth-order valence-corrected chi connectivity index (χ4v) is 2.54. The monoisotopic (exact) mass is 308 g/mol. The molecule has 1 N–H and O–H groups in total. The number of hydrogen-bond donors (Lipinski definition) is 1. The molecule has 6 heteroatoms. The van der Waals surface area contributed by atoms with Gasteiger partial charge in [-0.2, -0.15) is 0 Å². The Bertz CT molecular complexity index is 715. The molecule has 0 saturated heterocycles. The third kappa shape index (κ3) is 4.34. The fourth-order valence-electron chi connectivity index (χ4n) is 1.91. The highest BCUT2D eigenvalue weighted by molar-refractivity contribution is 7.90. The maximum absolute atomic E-state index is 13.1. The van der Waals surface area contributed by atoms with Gasteiger partial charge < -0.3 is 5.32 Å². The minimum atomic E-state index is -3.17. The van der Waals surface area contributed by atoms with Crippen LogP contribution >= 0.6 is 0 Å². The number of nitrogens with one attached hydrogen (secondary N) is 1. The number of benzene rings is 1. The van der Waals surface area contributed by atoms with Crippen molar-refractivity contribution in [2.24, 2.45) is 0 Å². The summed E-state index contributed by atoms with van der Waals surface area (Å²) >= 11 is 0. The van der Waals surface area contributed by atoms with E-state index in [1.54, 1.807) is 30.5 Å². The molecule has 2 rings (SSSR count). The van der Waals surface area contributed by atoms with E-state index in [2.05, 4.69) is 10.3 Å². The lowest BCUT2D eigenvalue weighted by Gasteiger charge is -2.14. The smallest absolute Gasteiger partial charge is 0.175 e. The molecule has 1 unspecified atom stereocenters. The highest BCUT2D eigenvalue weighted by Crippen LogP contribution is 2.14. The summed E-state index contributed by atoms with van der Waals surface area (Å²) in [5, 5.41) is 3.24. The Balaban J connectivity index is 2.00. The van der Waals surface area contributed by atoms with Crippen LogP contribution in [0.2, 0.25) is 0 Å². The molecule has 1 atom stereocenters. The van der Waals surface area contributed by atoms with Crippen molar-refractivity contribution in [2.75, 3.05) is 6.26 Å². The molecule has 2 aromatic rings. The molecular weight excluding hydrogens is 291 g/mol. The van der Waals surface area contributed by atoms with E-state index >= 15 is 0 Å². The minimum Gasteiger partial charge on any atom is -0.306 e. The standard InChI is InChI=1S/C15H17FN2O2S/c1-11(13-7-14(16)10-17-9-13)18-8-12-3-5-15(6-4-12)21(2,19)20/h3-7,9-11,18H,8H2,1-2H3. The largest absolute Gasteiger partial charge is 0.306 e. The molecule has 21 heavy (non-hydrogen) atoms. The van der Waals surface area contributed by atoms with E-state index in [1.165, 1.54) is 18.5 Å². The van der Waals surface area contributed by atoms with Gasteiger partial charge in [-0.1, -0.05) is 12.1 Å². The van der Waals surface area contributed by atoms with E-state index in [9.17, 15) is 12.8 Å². The van der Waals surface area contributed by atoms with Crippen molar-refractivity contribution in [2.45, 2.75) is 24.4 Å². The third-order valence-corrected chi connectivity index (χ3v) is 4.32. The van der Waals surface area contributed by atoms with E-state index in [4.69, 9.17) is 0 Å². The van der Waals surface area contributed by atoms with Gasteiger partial charge in [0.1, 0.15) is 5.82 Å². The molecule has 0 aliphatic carbocycles. The number of pyridine rings is 1. The van der Waals surface area contributed by atoms with Crippen molar-refractivity contribution in [3.05, 3.63) is 59.7 Å². The SMILES string of the molecule is CC(NCc1ccc(S(C)(=O)=O)cc1)c1cncc(F)c1. The Kier molecular flexibility index (Phi) is 4.69. The number of nitrogens with zero attached hydrogens (tertiary/aromatic N) is 1. The van der Waals surface area contributed by atoms with Gasteiger partial charge in [0, 0.05) is 25.0 Å². The normalized spacial score (nSPS) is 13.1. The number of sulfone groups is 1. The van der Waals surface area contributed by atoms with Crippen molar-refractivity contribution < 1.29 is 12.8 Å². The lowest BCUT2D eigenvalue weighted by atomic mass is 10.1. The van der Waals surface area contributed by atoms with Crippen molar-refractivity contribution in [1.29, 1.82) is 0 Å². The average Bonchev–Trinajstić information content (AvgIpc) is 2.44. The van der Waals surface area contributed by atoms with Crippen LogP contribution in [-0.2, 0) is 16.4 Å². The van der Waals surface area contributed by atoms with Gasteiger partial charge in [0.05, 0.1) is 11.1 Å². The molecule has 0 fully saturated rings. The molecule has 0 aliphatic heterocycles. The lowest BCUT2D eigenvalue weighted by Crippen LogP contribution is -2.18. The first kappa shape index (κ1) is 15.6. The maximum atomic E-state index is 13.1. The summed E-state index contributed by atoms with van der Waals surface area (Å²) in [6.45, 7) is 2.48. The van der Waals surface area contributed by atoms with Gasteiger partial charge in [-0.05, 0) is 36.2 Å². The maximum Gasteiger partial charge on any atom is 0.175 e. The summed E-state index contributed by atoms with van der Waals surface area (Å²) in [5.41, 5.74) is 1.72. The topological polar surface area (TPSA) is 59.1 Å². The summed E-state index contributed by atoms with van der Waals surface area (Å²) in [4.78, 5) is 4.12. The Morgan fingerprint density at radius 2 is 1.90 bits per heavy atom. The molecular formula is C15H17FN2O2S. The molecule has 112 valence electrons. The molecule has 1 aromatic carbocycles. The molecule has 0 bridgehead atoms. The van der Waals surface area contributed by atoms with Crippen molar-refractivity contribution in [3.63, 3.8) is 0 Å². The van der Waals surface area contributed by atoms with Crippen LogP contribution in [0.25, 0.3) is 0 Å². The summed E-state index contributed by atoms with van der Waals surface area (Å²) in [7, 11) is -3.17. The zero-order valence-corrected chi connectivity index (χ0v) is 12.7. The Hall–Kier alpha value is -1.79.